The Bertz CT molecular complexity index is 1340. The number of hydrogen-bond donors (Lipinski definition) is 1. The number of carbonyl (C=O) groups is 3. The summed E-state index contributed by atoms with van der Waals surface area (Å²) in [6.07, 6.45) is 0.835. The van der Waals surface area contributed by atoms with Crippen LogP contribution in [-0.4, -0.2) is 42.6 Å². The van der Waals surface area contributed by atoms with Gasteiger partial charge in [-0.1, -0.05) is 36.4 Å². The molecule has 1 atom stereocenters. The van der Waals surface area contributed by atoms with Crippen molar-refractivity contribution in [2.75, 3.05) is 13.7 Å². The van der Waals surface area contributed by atoms with Crippen LogP contribution in [-0.2, 0) is 22.4 Å². The van der Waals surface area contributed by atoms with Crippen molar-refractivity contribution >= 4 is 17.8 Å². The predicted octanol–water partition coefficient (Wildman–Crippen LogP) is 4.77. The molecule has 1 unspecified atom stereocenters. The number of para-hydroxylation sites is 1. The summed E-state index contributed by atoms with van der Waals surface area (Å²) in [5, 5.41) is 0. The van der Waals surface area contributed by atoms with Gasteiger partial charge in [-0.3, -0.25) is 14.4 Å². The number of aryl methyl sites for hydroxylation is 3. The van der Waals surface area contributed by atoms with Crippen molar-refractivity contribution in [2.24, 2.45) is 5.73 Å². The fraction of sp³-hybridized carbons (Fsp3) is 0.323. The summed E-state index contributed by atoms with van der Waals surface area (Å²) < 4.78 is 17.0. The molecule has 2 N–H and O–H groups in total. The van der Waals surface area contributed by atoms with E-state index in [2.05, 4.69) is 32.0 Å². The fourth-order valence-corrected chi connectivity index (χ4v) is 4.27. The van der Waals surface area contributed by atoms with Gasteiger partial charge in [0.1, 0.15) is 5.75 Å². The first-order chi connectivity index (χ1) is 18.6. The number of esters is 1. The van der Waals surface area contributed by atoms with Crippen LogP contribution >= 0.6 is 0 Å². The second-order valence-electron chi connectivity index (χ2n) is 9.46. The van der Waals surface area contributed by atoms with Gasteiger partial charge in [0, 0.05) is 13.5 Å². The molecule has 0 saturated heterocycles. The number of rotatable bonds is 12. The standard InChI is InChI=1S/C31H36N2O6/c1-20-12-13-24(17-21(20)2)9-8-16-33(31(36)26-10-6-7-11-27(26)39-23(4)34)22(3)38-28-15-14-25(19-30(32)35)18-29(28)37-5/h6-7,10-15,17-18,22H,8-9,16,19H2,1-5H3,(H2,32,35). The summed E-state index contributed by atoms with van der Waals surface area (Å²) >= 11 is 0. The zero-order chi connectivity index (χ0) is 28.5. The van der Waals surface area contributed by atoms with Crippen molar-refractivity contribution in [1.82, 2.24) is 4.90 Å². The Labute approximate surface area is 229 Å². The summed E-state index contributed by atoms with van der Waals surface area (Å²) in [5.41, 5.74) is 9.92. The SMILES string of the molecule is COc1cc(CC(N)=O)ccc1OC(C)N(CCCc1ccc(C)c(C)c1)C(=O)c1ccccc1OC(C)=O. The third-order valence-electron chi connectivity index (χ3n) is 6.41. The number of primary amides is 1. The molecule has 0 aliphatic carbocycles. The van der Waals surface area contributed by atoms with Gasteiger partial charge in [-0.15, -0.1) is 0 Å². The summed E-state index contributed by atoms with van der Waals surface area (Å²) in [6, 6.07) is 18.1. The van der Waals surface area contributed by atoms with E-state index < -0.39 is 18.1 Å². The molecule has 0 bridgehead atoms. The van der Waals surface area contributed by atoms with Gasteiger partial charge in [-0.2, -0.15) is 0 Å². The maximum Gasteiger partial charge on any atom is 0.308 e. The average molecular weight is 533 g/mol. The summed E-state index contributed by atoms with van der Waals surface area (Å²) in [5.74, 6) is -0.270. The zero-order valence-corrected chi connectivity index (χ0v) is 23.2. The molecule has 0 radical (unpaired) electrons. The van der Waals surface area contributed by atoms with Gasteiger partial charge in [0.25, 0.3) is 5.91 Å². The molecular weight excluding hydrogens is 496 g/mol. The molecule has 0 aliphatic heterocycles. The van der Waals surface area contributed by atoms with Gasteiger partial charge >= 0.3 is 5.97 Å². The minimum absolute atomic E-state index is 0.0716. The lowest BCUT2D eigenvalue weighted by Crippen LogP contribution is -2.43. The van der Waals surface area contributed by atoms with Gasteiger partial charge < -0.3 is 24.8 Å². The Morgan fingerprint density at radius 1 is 0.897 bits per heavy atom. The summed E-state index contributed by atoms with van der Waals surface area (Å²) in [7, 11) is 1.50. The smallest absolute Gasteiger partial charge is 0.308 e. The van der Waals surface area contributed by atoms with Crippen LogP contribution in [0.15, 0.2) is 60.7 Å². The Morgan fingerprint density at radius 3 is 2.28 bits per heavy atom. The Morgan fingerprint density at radius 2 is 1.62 bits per heavy atom. The average Bonchev–Trinajstić information content (AvgIpc) is 2.88. The van der Waals surface area contributed by atoms with E-state index in [1.807, 2.05) is 0 Å². The molecule has 206 valence electrons. The third kappa shape index (κ3) is 8.07. The van der Waals surface area contributed by atoms with Crippen LogP contribution in [0.25, 0.3) is 0 Å². The minimum Gasteiger partial charge on any atom is -0.493 e. The number of benzene rings is 3. The van der Waals surface area contributed by atoms with Crippen LogP contribution in [0.3, 0.4) is 0 Å². The van der Waals surface area contributed by atoms with E-state index in [9.17, 15) is 14.4 Å². The highest BCUT2D eigenvalue weighted by molar-refractivity contribution is 5.97. The quantitative estimate of drug-likeness (QED) is 0.205. The predicted molar refractivity (Wildman–Crippen MR) is 149 cm³/mol. The molecule has 39 heavy (non-hydrogen) atoms. The summed E-state index contributed by atoms with van der Waals surface area (Å²) in [4.78, 5) is 38.4. The lowest BCUT2D eigenvalue weighted by Gasteiger charge is -2.30. The highest BCUT2D eigenvalue weighted by Crippen LogP contribution is 2.30. The molecule has 8 nitrogen and oxygen atoms in total. The number of amides is 2. The lowest BCUT2D eigenvalue weighted by atomic mass is 10.0. The molecule has 0 aromatic heterocycles. The summed E-state index contributed by atoms with van der Waals surface area (Å²) in [6.45, 7) is 7.62. The van der Waals surface area contributed by atoms with Crippen LogP contribution in [0, 0.1) is 13.8 Å². The number of carbonyl (C=O) groups excluding carboxylic acids is 3. The van der Waals surface area contributed by atoms with Crippen molar-refractivity contribution < 1.29 is 28.6 Å². The largest absolute Gasteiger partial charge is 0.493 e. The van der Waals surface area contributed by atoms with Crippen molar-refractivity contribution in [3.63, 3.8) is 0 Å². The van der Waals surface area contributed by atoms with E-state index in [4.69, 9.17) is 19.9 Å². The first kappa shape index (κ1) is 29.2. The second kappa shape index (κ2) is 13.5. The van der Waals surface area contributed by atoms with Gasteiger partial charge in [0.2, 0.25) is 5.91 Å². The fourth-order valence-electron chi connectivity index (χ4n) is 4.27. The Balaban J connectivity index is 1.87. The molecule has 3 aromatic rings. The van der Waals surface area contributed by atoms with Gasteiger partial charge in [-0.25, -0.2) is 0 Å². The first-order valence-electron chi connectivity index (χ1n) is 12.9. The Hall–Kier alpha value is -4.33. The first-order valence-corrected chi connectivity index (χ1v) is 12.9. The molecule has 8 heteroatoms. The third-order valence-corrected chi connectivity index (χ3v) is 6.41. The second-order valence-corrected chi connectivity index (χ2v) is 9.46. The van der Waals surface area contributed by atoms with E-state index in [1.54, 1.807) is 54.3 Å². The number of nitrogens with two attached hydrogens (primary N) is 1. The van der Waals surface area contributed by atoms with E-state index in [-0.39, 0.29) is 23.6 Å². The maximum atomic E-state index is 13.8. The van der Waals surface area contributed by atoms with E-state index in [0.29, 0.717) is 30.0 Å². The molecule has 3 rings (SSSR count). The van der Waals surface area contributed by atoms with Crippen LogP contribution in [0.4, 0.5) is 0 Å². The van der Waals surface area contributed by atoms with E-state index in [1.165, 1.54) is 30.7 Å². The molecule has 0 spiro atoms. The van der Waals surface area contributed by atoms with Crippen molar-refractivity contribution in [3.05, 3.63) is 88.5 Å². The van der Waals surface area contributed by atoms with Gasteiger partial charge in [0.05, 0.1) is 19.1 Å². The van der Waals surface area contributed by atoms with Crippen molar-refractivity contribution in [2.45, 2.75) is 53.2 Å². The van der Waals surface area contributed by atoms with Gasteiger partial charge in [0.15, 0.2) is 17.7 Å². The van der Waals surface area contributed by atoms with E-state index >= 15 is 0 Å². The normalized spacial score (nSPS) is 11.4. The number of methoxy groups -OCH3 is 1. The molecule has 0 heterocycles. The zero-order valence-electron chi connectivity index (χ0n) is 23.2. The molecule has 0 fully saturated rings. The highest BCUT2D eigenvalue weighted by Gasteiger charge is 2.26. The number of ether oxygens (including phenoxy) is 3. The molecular formula is C31H36N2O6. The number of hydrogen-bond acceptors (Lipinski definition) is 6. The molecule has 0 aliphatic rings. The minimum atomic E-state index is -0.696. The van der Waals surface area contributed by atoms with Gasteiger partial charge in [-0.05, 0) is 80.1 Å². The van der Waals surface area contributed by atoms with Crippen LogP contribution in [0.2, 0.25) is 0 Å². The molecule has 3 aromatic carbocycles. The maximum absolute atomic E-state index is 13.8. The highest BCUT2D eigenvalue weighted by atomic mass is 16.5. The molecule has 2 amide bonds. The molecule has 0 saturated carbocycles. The van der Waals surface area contributed by atoms with Crippen LogP contribution in [0.1, 0.15) is 52.9 Å². The van der Waals surface area contributed by atoms with E-state index in [0.717, 1.165) is 6.42 Å². The Kier molecular flexibility index (Phi) is 10.1. The van der Waals surface area contributed by atoms with Crippen molar-refractivity contribution in [3.8, 4) is 17.2 Å². The van der Waals surface area contributed by atoms with Crippen molar-refractivity contribution in [1.29, 1.82) is 0 Å². The number of nitrogens with zero attached hydrogens (tertiary/aromatic N) is 1. The monoisotopic (exact) mass is 532 g/mol. The van der Waals surface area contributed by atoms with Crippen LogP contribution in [0.5, 0.6) is 17.2 Å². The lowest BCUT2D eigenvalue weighted by molar-refractivity contribution is -0.131. The topological polar surface area (TPSA) is 108 Å². The van der Waals surface area contributed by atoms with Crippen LogP contribution < -0.4 is 19.9 Å².